The van der Waals surface area contributed by atoms with E-state index in [4.69, 9.17) is 58.4 Å². The summed E-state index contributed by atoms with van der Waals surface area (Å²) in [4.78, 5) is 36.8. The quantitative estimate of drug-likeness (QED) is 0.0784. The lowest BCUT2D eigenvalue weighted by Gasteiger charge is -2.20. The van der Waals surface area contributed by atoms with Gasteiger partial charge in [0.1, 0.15) is 22.0 Å². The number of amidine groups is 1. The second kappa shape index (κ2) is 27.2. The van der Waals surface area contributed by atoms with Crippen molar-refractivity contribution >= 4 is 86.3 Å². The molecule has 0 unspecified atom stereocenters. The van der Waals surface area contributed by atoms with Crippen LogP contribution in [-0.4, -0.2) is 96.8 Å². The number of hydrogen-bond acceptors (Lipinski definition) is 13. The van der Waals surface area contributed by atoms with E-state index in [0.29, 0.717) is 60.2 Å². The van der Waals surface area contributed by atoms with E-state index in [9.17, 15) is 14.2 Å². The van der Waals surface area contributed by atoms with Gasteiger partial charge in [-0.2, -0.15) is 0 Å². The van der Waals surface area contributed by atoms with Gasteiger partial charge in [-0.1, -0.05) is 23.2 Å². The number of nitrogens with two attached hydrogens (primary N) is 1. The SMILES string of the molecule is COC(=O)C1CCOCC1.Cl.Clc1cc(Cl)nc(C2CCOCC2)n1.N=C(N)C1CCOCC1.O=P(Cl)(Cl)Cl.O=c1cc(O)nc(C2CCOCC2)[nH]1. The molecule has 53 heavy (non-hydrogen) atoms. The van der Waals surface area contributed by atoms with Crippen molar-refractivity contribution in [3.63, 3.8) is 0 Å². The minimum atomic E-state index is -3.22. The molecule has 6 heterocycles. The third kappa shape index (κ3) is 22.6. The maximum absolute atomic E-state index is 11.1. The molecule has 0 atom stereocenters. The molecule has 6 rings (SSSR count). The first-order chi connectivity index (χ1) is 24.7. The van der Waals surface area contributed by atoms with Crippen molar-refractivity contribution in [2.24, 2.45) is 17.6 Å². The van der Waals surface area contributed by atoms with E-state index in [1.165, 1.54) is 7.11 Å². The Balaban J connectivity index is 0.000000342. The third-order valence-corrected chi connectivity index (χ3v) is 8.43. The number of methoxy groups -OCH3 is 1. The summed E-state index contributed by atoms with van der Waals surface area (Å²) in [5.41, 5.74) is 4.99. The second-order valence-electron chi connectivity index (χ2n) is 11.8. The lowest BCUT2D eigenvalue weighted by molar-refractivity contribution is -0.148. The first kappa shape index (κ1) is 49.5. The Morgan fingerprint density at radius 3 is 1.58 bits per heavy atom. The van der Waals surface area contributed by atoms with Crippen molar-refractivity contribution in [1.29, 1.82) is 5.41 Å². The highest BCUT2D eigenvalue weighted by Crippen LogP contribution is 2.61. The average molecular weight is 891 g/mol. The number of aromatic amines is 1. The maximum Gasteiger partial charge on any atom is 0.339 e. The molecule has 4 aliphatic heterocycles. The number of carbonyl (C=O) groups is 1. The first-order valence-electron chi connectivity index (χ1n) is 16.6. The van der Waals surface area contributed by atoms with E-state index in [0.717, 1.165) is 89.7 Å². The first-order valence-corrected chi connectivity index (χ1v) is 21.8. The van der Waals surface area contributed by atoms with Gasteiger partial charge in [0.25, 0.3) is 5.56 Å². The minimum absolute atomic E-state index is 0. The smallest absolute Gasteiger partial charge is 0.339 e. The molecular formula is C31H47Cl6N6O9P. The van der Waals surface area contributed by atoms with E-state index in [2.05, 4.69) is 58.4 Å². The normalized spacial score (nSPS) is 18.4. The molecule has 0 spiro atoms. The summed E-state index contributed by atoms with van der Waals surface area (Å²) in [5.74, 6) is 2.22. The number of aromatic nitrogens is 4. The van der Waals surface area contributed by atoms with Gasteiger partial charge >= 0.3 is 11.2 Å². The Bertz CT molecular complexity index is 1440. The fourth-order valence-electron chi connectivity index (χ4n) is 5.28. The molecule has 0 bridgehead atoms. The summed E-state index contributed by atoms with van der Waals surface area (Å²) >= 11 is 25.5. The van der Waals surface area contributed by atoms with Gasteiger partial charge in [-0.15, -0.1) is 12.4 Å². The van der Waals surface area contributed by atoms with Gasteiger partial charge in [0.2, 0.25) is 5.88 Å². The summed E-state index contributed by atoms with van der Waals surface area (Å²) in [7, 11) is 1.43. The summed E-state index contributed by atoms with van der Waals surface area (Å²) < 4.78 is 34.8. The molecule has 2 aromatic rings. The number of hydrogen-bond donors (Lipinski definition) is 4. The molecule has 0 radical (unpaired) electrons. The predicted molar refractivity (Wildman–Crippen MR) is 208 cm³/mol. The molecule has 4 fully saturated rings. The van der Waals surface area contributed by atoms with Gasteiger partial charge in [-0.05, 0) is 85.1 Å². The molecule has 15 nitrogen and oxygen atoms in total. The van der Waals surface area contributed by atoms with Gasteiger partial charge in [0.15, 0.2) is 0 Å². The number of esters is 1. The Hall–Kier alpha value is -1.49. The standard InChI is InChI=1S/C9H10Cl2N2O.C9H12N2O3.C7H12O3.C6H12N2O.Cl3OP.ClH/c10-7-5-8(11)13-9(12-7)6-1-3-14-4-2-6;12-7-5-8(13)11-9(10-7)6-1-3-14-4-2-6;1-9-7(8)6-2-4-10-5-3-6;7-6(8)5-1-3-9-4-2-5;1-5(2,3)4;/h5-6H,1-4H2;5-6H,1-4H2,(H2,10,11,12,13);6H,2-5H2,1H3;5H,1-4H2,(H3,7,8);;1H. The highest BCUT2D eigenvalue weighted by atomic mass is 36.0. The largest absolute Gasteiger partial charge is 0.493 e. The van der Waals surface area contributed by atoms with Crippen LogP contribution in [0.15, 0.2) is 16.9 Å². The number of aromatic hydroxyl groups is 1. The molecule has 0 saturated carbocycles. The zero-order valence-electron chi connectivity index (χ0n) is 29.2. The van der Waals surface area contributed by atoms with Gasteiger partial charge in [0, 0.05) is 76.7 Å². The number of halogens is 6. The number of nitrogens with one attached hydrogen (secondary N) is 2. The van der Waals surface area contributed by atoms with Gasteiger partial charge in [-0.25, -0.2) is 15.0 Å². The third-order valence-electron chi connectivity index (χ3n) is 8.04. The Kier molecular flexibility index (Phi) is 25.4. The van der Waals surface area contributed by atoms with Gasteiger partial charge < -0.3 is 39.5 Å². The Morgan fingerprint density at radius 2 is 1.21 bits per heavy atom. The zero-order valence-corrected chi connectivity index (χ0v) is 34.6. The van der Waals surface area contributed by atoms with Crippen LogP contribution in [0.1, 0.15) is 74.9 Å². The highest BCUT2D eigenvalue weighted by molar-refractivity contribution is 8.24. The van der Waals surface area contributed by atoms with E-state index >= 15 is 0 Å². The maximum atomic E-state index is 11.1. The minimum Gasteiger partial charge on any atom is -0.493 e. The lowest BCUT2D eigenvalue weighted by atomic mass is 9.99. The molecule has 0 amide bonds. The molecule has 0 aromatic carbocycles. The number of rotatable bonds is 4. The second-order valence-corrected chi connectivity index (χ2v) is 19.2. The zero-order chi connectivity index (χ0) is 38.5. The highest BCUT2D eigenvalue weighted by Gasteiger charge is 2.22. The van der Waals surface area contributed by atoms with Crippen molar-refractivity contribution in [2.45, 2.75) is 63.2 Å². The van der Waals surface area contributed by atoms with Crippen molar-refractivity contribution < 1.29 is 38.2 Å². The number of H-pyrrole nitrogens is 1. The molecule has 4 aliphatic rings. The predicted octanol–water partition coefficient (Wildman–Crippen LogP) is 7.21. The van der Waals surface area contributed by atoms with Crippen LogP contribution >= 0.6 is 74.5 Å². The monoisotopic (exact) mass is 888 g/mol. The molecular weight excluding hydrogens is 844 g/mol. The molecule has 22 heteroatoms. The van der Waals surface area contributed by atoms with Crippen LogP contribution in [0.3, 0.4) is 0 Å². The van der Waals surface area contributed by atoms with E-state index in [1.807, 2.05) is 0 Å². The van der Waals surface area contributed by atoms with Crippen LogP contribution in [0.25, 0.3) is 0 Å². The summed E-state index contributed by atoms with van der Waals surface area (Å²) in [6.07, 6.45) is 7.04. The van der Waals surface area contributed by atoms with Crippen LogP contribution < -0.4 is 11.3 Å². The van der Waals surface area contributed by atoms with Crippen LogP contribution in [0.4, 0.5) is 0 Å². The van der Waals surface area contributed by atoms with E-state index in [1.54, 1.807) is 6.07 Å². The van der Waals surface area contributed by atoms with Gasteiger partial charge in [0.05, 0.1) is 24.9 Å². The van der Waals surface area contributed by atoms with E-state index < -0.39 is 5.20 Å². The summed E-state index contributed by atoms with van der Waals surface area (Å²) in [6.45, 7) is 5.82. The van der Waals surface area contributed by atoms with E-state index in [-0.39, 0.29) is 41.7 Å². The Labute approximate surface area is 339 Å². The number of ether oxygens (including phenoxy) is 5. The van der Waals surface area contributed by atoms with Crippen molar-refractivity contribution in [3.05, 3.63) is 44.4 Å². The Morgan fingerprint density at radius 1 is 0.811 bits per heavy atom. The molecule has 2 aromatic heterocycles. The number of nitrogens with zero attached hydrogens (tertiary/aromatic N) is 3. The molecule has 4 saturated heterocycles. The van der Waals surface area contributed by atoms with Crippen LogP contribution in [-0.2, 0) is 33.0 Å². The van der Waals surface area contributed by atoms with Crippen molar-refractivity contribution in [3.8, 4) is 5.88 Å². The molecule has 302 valence electrons. The topological polar surface area (TPSA) is 222 Å². The average Bonchev–Trinajstić information content (AvgIpc) is 3.12. The van der Waals surface area contributed by atoms with Crippen molar-refractivity contribution in [1.82, 2.24) is 19.9 Å². The molecule has 5 N–H and O–H groups in total. The van der Waals surface area contributed by atoms with Crippen LogP contribution in [0, 0.1) is 17.2 Å². The van der Waals surface area contributed by atoms with Gasteiger partial charge in [-0.3, -0.25) is 19.6 Å². The fourth-order valence-corrected chi connectivity index (χ4v) is 5.72. The number of carbonyl (C=O) groups excluding carboxylic acids is 1. The fraction of sp³-hybridized carbons (Fsp3) is 0.677. The summed E-state index contributed by atoms with van der Waals surface area (Å²) in [6, 6.07) is 2.62. The summed E-state index contributed by atoms with van der Waals surface area (Å²) in [5, 5.41) is 13.9. The van der Waals surface area contributed by atoms with Crippen LogP contribution in [0.2, 0.25) is 10.3 Å². The van der Waals surface area contributed by atoms with Crippen LogP contribution in [0.5, 0.6) is 5.88 Å². The van der Waals surface area contributed by atoms with Crippen molar-refractivity contribution in [2.75, 3.05) is 60.0 Å². The lowest BCUT2D eigenvalue weighted by Crippen LogP contribution is -2.28. The molecule has 0 aliphatic carbocycles.